The lowest BCUT2D eigenvalue weighted by atomic mass is 9.94. The molecule has 2 nitrogen and oxygen atoms in total. The number of benzene rings is 1. The second-order valence-corrected chi connectivity index (χ2v) is 3.90. The molecule has 0 fully saturated rings. The van der Waals surface area contributed by atoms with E-state index >= 15 is 0 Å². The van der Waals surface area contributed by atoms with Gasteiger partial charge in [0.1, 0.15) is 0 Å². The van der Waals surface area contributed by atoms with Gasteiger partial charge in [-0.3, -0.25) is 9.59 Å². The first kappa shape index (κ1) is 12.6. The highest BCUT2D eigenvalue weighted by Gasteiger charge is 2.19. The monoisotopic (exact) mass is 217 g/mol. The summed E-state index contributed by atoms with van der Waals surface area (Å²) in [7, 11) is 0. The number of ketones is 1. The highest BCUT2D eigenvalue weighted by Crippen LogP contribution is 2.14. The van der Waals surface area contributed by atoms with E-state index in [9.17, 15) is 9.59 Å². The molecule has 2 heteroatoms. The Labute approximate surface area is 96.7 Å². The van der Waals surface area contributed by atoms with Crippen LogP contribution in [0.1, 0.15) is 43.0 Å². The Morgan fingerprint density at radius 1 is 1.25 bits per heavy atom. The van der Waals surface area contributed by atoms with E-state index in [2.05, 4.69) is 6.92 Å². The SMILES string of the molecule is CCCCCC([C]=O)C(=O)c1ccccc1. The topological polar surface area (TPSA) is 34.1 Å². The van der Waals surface area contributed by atoms with Gasteiger partial charge in [0.2, 0.25) is 6.29 Å². The minimum absolute atomic E-state index is 0.105. The molecule has 1 unspecified atom stereocenters. The average molecular weight is 217 g/mol. The summed E-state index contributed by atoms with van der Waals surface area (Å²) in [5, 5.41) is 0. The quantitative estimate of drug-likeness (QED) is 0.399. The summed E-state index contributed by atoms with van der Waals surface area (Å²) < 4.78 is 0. The summed E-state index contributed by atoms with van der Waals surface area (Å²) in [5.41, 5.74) is 0.604. The Balaban J connectivity index is 2.59. The Morgan fingerprint density at radius 3 is 2.50 bits per heavy atom. The molecule has 0 saturated heterocycles. The van der Waals surface area contributed by atoms with Crippen LogP contribution >= 0.6 is 0 Å². The van der Waals surface area contributed by atoms with Gasteiger partial charge in [-0.05, 0) is 6.42 Å². The third-order valence-electron chi connectivity index (χ3n) is 2.61. The Kier molecular flexibility index (Phi) is 5.48. The third-order valence-corrected chi connectivity index (χ3v) is 2.61. The molecule has 0 bridgehead atoms. The molecule has 0 amide bonds. The van der Waals surface area contributed by atoms with E-state index < -0.39 is 5.92 Å². The second-order valence-electron chi connectivity index (χ2n) is 3.90. The van der Waals surface area contributed by atoms with Crippen LogP contribution in [-0.4, -0.2) is 12.1 Å². The zero-order valence-corrected chi connectivity index (χ0v) is 9.61. The molecule has 0 N–H and O–H groups in total. The largest absolute Gasteiger partial charge is 0.293 e. The lowest BCUT2D eigenvalue weighted by Crippen LogP contribution is -2.16. The molecule has 0 aliphatic rings. The Morgan fingerprint density at radius 2 is 1.94 bits per heavy atom. The molecule has 16 heavy (non-hydrogen) atoms. The number of carbonyl (C=O) groups is 1. The van der Waals surface area contributed by atoms with E-state index in [0.717, 1.165) is 19.3 Å². The molecule has 1 aromatic carbocycles. The van der Waals surface area contributed by atoms with Crippen LogP contribution in [0.4, 0.5) is 0 Å². The first-order valence-corrected chi connectivity index (χ1v) is 5.76. The van der Waals surface area contributed by atoms with Crippen LogP contribution in [0.5, 0.6) is 0 Å². The third kappa shape index (κ3) is 3.61. The summed E-state index contributed by atoms with van der Waals surface area (Å²) in [4.78, 5) is 22.7. The van der Waals surface area contributed by atoms with E-state index in [1.807, 2.05) is 12.4 Å². The van der Waals surface area contributed by atoms with Crippen molar-refractivity contribution in [3.63, 3.8) is 0 Å². The summed E-state index contributed by atoms with van der Waals surface area (Å²) in [5.74, 6) is -0.694. The molecule has 0 saturated carbocycles. The van der Waals surface area contributed by atoms with Gasteiger partial charge in [0, 0.05) is 5.56 Å². The van der Waals surface area contributed by atoms with Gasteiger partial charge in [-0.25, -0.2) is 0 Å². The highest BCUT2D eigenvalue weighted by atomic mass is 16.1. The van der Waals surface area contributed by atoms with E-state index in [-0.39, 0.29) is 5.78 Å². The number of unbranched alkanes of at least 4 members (excludes halogenated alkanes) is 2. The van der Waals surface area contributed by atoms with Crippen molar-refractivity contribution < 1.29 is 9.59 Å². The maximum Gasteiger partial charge on any atom is 0.209 e. The summed E-state index contributed by atoms with van der Waals surface area (Å²) in [6.45, 7) is 2.10. The molecule has 0 heterocycles. The van der Waals surface area contributed by atoms with Crippen molar-refractivity contribution in [2.45, 2.75) is 32.6 Å². The summed E-state index contributed by atoms with van der Waals surface area (Å²) in [6.07, 6.45) is 5.53. The van der Waals surface area contributed by atoms with Crippen LogP contribution in [0.2, 0.25) is 0 Å². The van der Waals surface area contributed by atoms with Crippen molar-refractivity contribution in [3.8, 4) is 0 Å². The second kappa shape index (κ2) is 6.94. The molecular weight excluding hydrogens is 200 g/mol. The van der Waals surface area contributed by atoms with Crippen LogP contribution < -0.4 is 0 Å². The van der Waals surface area contributed by atoms with Crippen LogP contribution in [0, 0.1) is 5.92 Å². The van der Waals surface area contributed by atoms with Gasteiger partial charge in [0.05, 0.1) is 5.92 Å². The van der Waals surface area contributed by atoms with E-state index in [1.165, 1.54) is 0 Å². The van der Waals surface area contributed by atoms with Crippen molar-refractivity contribution in [1.82, 2.24) is 0 Å². The van der Waals surface area contributed by atoms with Crippen molar-refractivity contribution in [2.24, 2.45) is 5.92 Å². The first-order valence-electron chi connectivity index (χ1n) is 5.76. The average Bonchev–Trinajstić information content (AvgIpc) is 2.35. The highest BCUT2D eigenvalue weighted by molar-refractivity contribution is 6.05. The predicted octanol–water partition coefficient (Wildman–Crippen LogP) is 3.18. The van der Waals surface area contributed by atoms with Gasteiger partial charge in [0.25, 0.3) is 0 Å². The van der Waals surface area contributed by atoms with Crippen molar-refractivity contribution >= 4 is 12.1 Å². The molecule has 0 aliphatic heterocycles. The van der Waals surface area contributed by atoms with Crippen LogP contribution in [0.25, 0.3) is 0 Å². The van der Waals surface area contributed by atoms with Crippen molar-refractivity contribution in [2.75, 3.05) is 0 Å². The minimum atomic E-state index is -0.589. The van der Waals surface area contributed by atoms with Crippen LogP contribution in [-0.2, 0) is 4.79 Å². The van der Waals surface area contributed by atoms with Crippen LogP contribution in [0.3, 0.4) is 0 Å². The van der Waals surface area contributed by atoms with Gasteiger partial charge in [0.15, 0.2) is 5.78 Å². The lowest BCUT2D eigenvalue weighted by molar-refractivity contribution is 0.0947. The van der Waals surface area contributed by atoms with E-state index in [0.29, 0.717) is 12.0 Å². The molecule has 85 valence electrons. The zero-order valence-electron chi connectivity index (χ0n) is 9.61. The molecule has 0 spiro atoms. The maximum atomic E-state index is 11.9. The van der Waals surface area contributed by atoms with Crippen molar-refractivity contribution in [1.29, 1.82) is 0 Å². The standard InChI is InChI=1S/C14H17O2/c1-2-3-5-10-13(11-15)14(16)12-8-6-4-7-9-12/h4,6-9,13H,2-3,5,10H2,1H3. The fourth-order valence-corrected chi connectivity index (χ4v) is 1.65. The fraction of sp³-hybridized carbons (Fsp3) is 0.429. The predicted molar refractivity (Wildman–Crippen MR) is 64.1 cm³/mol. The Bertz CT molecular complexity index is 330. The van der Waals surface area contributed by atoms with Gasteiger partial charge >= 0.3 is 0 Å². The van der Waals surface area contributed by atoms with Gasteiger partial charge < -0.3 is 0 Å². The zero-order chi connectivity index (χ0) is 11.8. The minimum Gasteiger partial charge on any atom is -0.293 e. The fourth-order valence-electron chi connectivity index (χ4n) is 1.65. The number of Topliss-reactive ketones (excluding diaryl/α,β-unsaturated/α-hetero) is 1. The van der Waals surface area contributed by atoms with Gasteiger partial charge in [-0.15, -0.1) is 0 Å². The first-order chi connectivity index (χ1) is 7.79. The Hall–Kier alpha value is -1.44. The molecule has 0 aromatic heterocycles. The van der Waals surface area contributed by atoms with Gasteiger partial charge in [-0.1, -0.05) is 56.5 Å². The molecule has 0 aliphatic carbocycles. The van der Waals surface area contributed by atoms with E-state index in [1.54, 1.807) is 24.3 Å². The molecule has 1 aromatic rings. The van der Waals surface area contributed by atoms with E-state index in [4.69, 9.17) is 0 Å². The smallest absolute Gasteiger partial charge is 0.209 e. The number of hydrogen-bond donors (Lipinski definition) is 0. The summed E-state index contributed by atoms with van der Waals surface area (Å²) in [6, 6.07) is 8.95. The molecule has 1 radical (unpaired) electrons. The molecular formula is C14H17O2. The summed E-state index contributed by atoms with van der Waals surface area (Å²) >= 11 is 0. The maximum absolute atomic E-state index is 11.9. The number of carbonyl (C=O) groups excluding carboxylic acids is 2. The number of hydrogen-bond acceptors (Lipinski definition) is 2. The van der Waals surface area contributed by atoms with Crippen molar-refractivity contribution in [3.05, 3.63) is 35.9 Å². The lowest BCUT2D eigenvalue weighted by Gasteiger charge is -2.07. The number of rotatable bonds is 7. The van der Waals surface area contributed by atoms with Gasteiger partial charge in [-0.2, -0.15) is 0 Å². The molecule has 1 rings (SSSR count). The van der Waals surface area contributed by atoms with Crippen LogP contribution in [0.15, 0.2) is 30.3 Å². The normalized spacial score (nSPS) is 12.1. The molecule has 1 atom stereocenters.